The topological polar surface area (TPSA) is 8.88 Å². The number of piperidine rings is 2. The number of quaternary nitrogens is 2. The molecule has 1 aromatic rings. The second-order valence-corrected chi connectivity index (χ2v) is 8.02. The molecule has 2 fully saturated rings. The van der Waals surface area contributed by atoms with Gasteiger partial charge in [-0.25, -0.2) is 0 Å². The van der Waals surface area contributed by atoms with Gasteiger partial charge in [0.25, 0.3) is 0 Å². The van der Waals surface area contributed by atoms with Crippen LogP contribution in [0.1, 0.15) is 38.7 Å². The normalized spacial score (nSPS) is 36.2. The Morgan fingerprint density at radius 2 is 1.59 bits per heavy atom. The second kappa shape index (κ2) is 7.61. The fraction of sp³-hybridized carbons (Fsp3) is 0.700. The first-order valence-corrected chi connectivity index (χ1v) is 9.42. The van der Waals surface area contributed by atoms with E-state index in [0.717, 1.165) is 17.9 Å². The molecule has 0 saturated carbocycles. The maximum Gasteiger partial charge on any atom is 0.0983 e. The molecule has 2 N–H and O–H groups in total. The minimum absolute atomic E-state index is 0.933. The van der Waals surface area contributed by atoms with Crippen LogP contribution in [-0.4, -0.2) is 38.8 Å². The van der Waals surface area contributed by atoms with Gasteiger partial charge in [-0.15, -0.1) is 0 Å². The Morgan fingerprint density at radius 1 is 0.955 bits per heavy atom. The quantitative estimate of drug-likeness (QED) is 0.815. The van der Waals surface area contributed by atoms with Crippen molar-refractivity contribution in [3.05, 3.63) is 35.9 Å². The van der Waals surface area contributed by atoms with Gasteiger partial charge < -0.3 is 9.80 Å². The van der Waals surface area contributed by atoms with Crippen LogP contribution >= 0.6 is 0 Å². The van der Waals surface area contributed by atoms with E-state index in [1.54, 1.807) is 0 Å². The average molecular weight is 303 g/mol. The van der Waals surface area contributed by atoms with E-state index in [9.17, 15) is 0 Å². The van der Waals surface area contributed by atoms with Gasteiger partial charge in [0.15, 0.2) is 0 Å². The van der Waals surface area contributed by atoms with Crippen molar-refractivity contribution in [2.24, 2.45) is 11.8 Å². The first-order chi connectivity index (χ1) is 10.7. The largest absolute Gasteiger partial charge is 0.334 e. The Morgan fingerprint density at radius 3 is 2.23 bits per heavy atom. The number of hydrogen-bond donors (Lipinski definition) is 2. The lowest BCUT2D eigenvalue weighted by atomic mass is 9.89. The van der Waals surface area contributed by atoms with E-state index in [4.69, 9.17) is 0 Å². The highest BCUT2D eigenvalue weighted by molar-refractivity contribution is 5.14. The summed E-state index contributed by atoms with van der Waals surface area (Å²) in [5.41, 5.74) is 1.50. The molecule has 2 heterocycles. The number of benzene rings is 1. The van der Waals surface area contributed by atoms with Crippen molar-refractivity contribution in [2.45, 2.75) is 45.6 Å². The predicted molar refractivity (Wildman–Crippen MR) is 92.4 cm³/mol. The third-order valence-electron chi connectivity index (χ3n) is 5.91. The summed E-state index contributed by atoms with van der Waals surface area (Å²) in [5, 5.41) is 0. The summed E-state index contributed by atoms with van der Waals surface area (Å²) in [6.07, 6.45) is 5.58. The number of likely N-dealkylation sites (tertiary alicyclic amines) is 2. The van der Waals surface area contributed by atoms with Gasteiger partial charge in [0, 0.05) is 31.1 Å². The summed E-state index contributed by atoms with van der Waals surface area (Å²) < 4.78 is 0. The predicted octanol–water partition coefficient (Wildman–Crippen LogP) is 0.837. The fourth-order valence-electron chi connectivity index (χ4n) is 4.82. The molecule has 2 aliphatic heterocycles. The van der Waals surface area contributed by atoms with E-state index in [0.29, 0.717) is 0 Å². The van der Waals surface area contributed by atoms with Crippen LogP contribution in [0.5, 0.6) is 0 Å². The highest BCUT2D eigenvalue weighted by Gasteiger charge is 2.34. The molecular formula is C20H34N2+2. The van der Waals surface area contributed by atoms with Crippen molar-refractivity contribution >= 4 is 0 Å². The summed E-state index contributed by atoms with van der Waals surface area (Å²) in [6.45, 7) is 11.9. The molecule has 0 amide bonds. The Bertz CT molecular complexity index is 426. The van der Waals surface area contributed by atoms with Crippen molar-refractivity contribution < 1.29 is 9.80 Å². The van der Waals surface area contributed by atoms with Gasteiger partial charge >= 0.3 is 0 Å². The molecule has 2 heteroatoms. The molecule has 0 aliphatic carbocycles. The van der Waals surface area contributed by atoms with Crippen LogP contribution in [0.15, 0.2) is 30.3 Å². The Labute approximate surface area is 136 Å². The number of hydrogen-bond acceptors (Lipinski definition) is 0. The van der Waals surface area contributed by atoms with E-state index in [1.165, 1.54) is 64.0 Å². The molecule has 122 valence electrons. The molecule has 0 unspecified atom stereocenters. The van der Waals surface area contributed by atoms with Gasteiger partial charge in [0.05, 0.1) is 38.8 Å². The van der Waals surface area contributed by atoms with Crippen LogP contribution in [0.4, 0.5) is 0 Å². The molecule has 0 aromatic heterocycles. The highest BCUT2D eigenvalue weighted by Crippen LogP contribution is 2.13. The summed E-state index contributed by atoms with van der Waals surface area (Å²) in [7, 11) is 0. The Hall–Kier alpha value is -0.860. The highest BCUT2D eigenvalue weighted by atomic mass is 15.2. The molecule has 22 heavy (non-hydrogen) atoms. The molecule has 1 aromatic carbocycles. The zero-order valence-corrected chi connectivity index (χ0v) is 14.5. The van der Waals surface area contributed by atoms with Crippen LogP contribution in [0.3, 0.4) is 0 Å². The van der Waals surface area contributed by atoms with E-state index >= 15 is 0 Å². The van der Waals surface area contributed by atoms with E-state index in [2.05, 4.69) is 44.2 Å². The molecule has 2 saturated heterocycles. The van der Waals surface area contributed by atoms with Crippen molar-refractivity contribution in [3.8, 4) is 0 Å². The summed E-state index contributed by atoms with van der Waals surface area (Å²) in [6, 6.07) is 11.9. The van der Waals surface area contributed by atoms with Crippen LogP contribution < -0.4 is 9.80 Å². The molecule has 0 radical (unpaired) electrons. The molecule has 2 atom stereocenters. The van der Waals surface area contributed by atoms with Crippen molar-refractivity contribution in [3.63, 3.8) is 0 Å². The lowest BCUT2D eigenvalue weighted by Gasteiger charge is -2.39. The van der Waals surface area contributed by atoms with Crippen LogP contribution in [0.25, 0.3) is 0 Å². The summed E-state index contributed by atoms with van der Waals surface area (Å²) >= 11 is 0. The van der Waals surface area contributed by atoms with Gasteiger partial charge in [-0.1, -0.05) is 44.2 Å². The van der Waals surface area contributed by atoms with E-state index in [1.807, 2.05) is 9.80 Å². The van der Waals surface area contributed by atoms with Gasteiger partial charge in [0.2, 0.25) is 0 Å². The fourth-order valence-corrected chi connectivity index (χ4v) is 4.82. The SMILES string of the molecule is C[C@@H]1C[C@@H](C)C[NH+](C2CC[NH+](CCc3ccccc3)CC2)C1. The lowest BCUT2D eigenvalue weighted by molar-refractivity contribution is -0.964. The maximum absolute atomic E-state index is 2.45. The first-order valence-electron chi connectivity index (χ1n) is 9.42. The minimum atomic E-state index is 0.933. The van der Waals surface area contributed by atoms with Crippen LogP contribution in [0, 0.1) is 11.8 Å². The molecular weight excluding hydrogens is 268 g/mol. The summed E-state index contributed by atoms with van der Waals surface area (Å²) in [5.74, 6) is 1.87. The number of rotatable bonds is 4. The average Bonchev–Trinajstić information content (AvgIpc) is 2.53. The molecule has 2 nitrogen and oxygen atoms in total. The lowest BCUT2D eigenvalue weighted by Crippen LogP contribution is -3.21. The third-order valence-corrected chi connectivity index (χ3v) is 5.91. The standard InChI is InChI=1S/C20H32N2/c1-17-14-18(2)16-22(15-17)20-9-12-21(13-10-20)11-8-19-6-4-3-5-7-19/h3-7,17-18,20H,8-16H2,1-2H3/p+2/t17-,18-/m1/s1. The number of nitrogens with one attached hydrogen (secondary N) is 2. The monoisotopic (exact) mass is 302 g/mol. The maximum atomic E-state index is 2.45. The van der Waals surface area contributed by atoms with Gasteiger partial charge in [-0.3, -0.25) is 0 Å². The van der Waals surface area contributed by atoms with Gasteiger partial charge in [0.1, 0.15) is 0 Å². The zero-order valence-electron chi connectivity index (χ0n) is 14.5. The molecule has 0 spiro atoms. The van der Waals surface area contributed by atoms with Gasteiger partial charge in [-0.05, 0) is 12.0 Å². The Kier molecular flexibility index (Phi) is 5.54. The molecule has 2 aliphatic rings. The van der Waals surface area contributed by atoms with E-state index in [-0.39, 0.29) is 0 Å². The van der Waals surface area contributed by atoms with Crippen LogP contribution in [-0.2, 0) is 6.42 Å². The first kappa shape index (κ1) is 16.0. The third kappa shape index (κ3) is 4.33. The summed E-state index contributed by atoms with van der Waals surface area (Å²) in [4.78, 5) is 3.76. The van der Waals surface area contributed by atoms with Gasteiger partial charge in [-0.2, -0.15) is 0 Å². The second-order valence-electron chi connectivity index (χ2n) is 8.02. The van der Waals surface area contributed by atoms with Crippen LogP contribution in [0.2, 0.25) is 0 Å². The van der Waals surface area contributed by atoms with E-state index < -0.39 is 0 Å². The zero-order chi connectivity index (χ0) is 15.4. The molecule has 0 bridgehead atoms. The van der Waals surface area contributed by atoms with Crippen molar-refractivity contribution in [1.82, 2.24) is 0 Å². The minimum Gasteiger partial charge on any atom is -0.334 e. The smallest absolute Gasteiger partial charge is 0.0983 e. The Balaban J connectivity index is 1.42. The van der Waals surface area contributed by atoms with Crippen molar-refractivity contribution in [2.75, 3.05) is 32.7 Å². The molecule has 3 rings (SSSR count). The van der Waals surface area contributed by atoms with Crippen molar-refractivity contribution in [1.29, 1.82) is 0 Å².